The highest BCUT2D eigenvalue weighted by Crippen LogP contribution is 2.41. The Hall–Kier alpha value is -0.120. The van der Waals surface area contributed by atoms with Crippen LogP contribution in [0.1, 0.15) is 40.5 Å². The summed E-state index contributed by atoms with van der Waals surface area (Å²) in [5.74, 6) is 0.475. The predicted octanol–water partition coefficient (Wildman–Crippen LogP) is 1.81. The number of hydrogen-bond acceptors (Lipinski definition) is 3. The molecule has 1 saturated carbocycles. The number of hydrogen-bond donors (Lipinski definition) is 1. The van der Waals surface area contributed by atoms with E-state index in [1.54, 1.807) is 0 Å². The average molecular weight is 254 g/mol. The van der Waals surface area contributed by atoms with E-state index in [4.69, 9.17) is 0 Å². The largest absolute Gasteiger partial charge is 0.392 e. The minimum Gasteiger partial charge on any atom is -0.392 e. The Morgan fingerprint density at radius 1 is 1.17 bits per heavy atom. The number of likely N-dealkylation sites (N-methyl/N-ethyl adjacent to an activating group) is 1. The molecule has 1 saturated heterocycles. The van der Waals surface area contributed by atoms with Crippen molar-refractivity contribution >= 4 is 0 Å². The summed E-state index contributed by atoms with van der Waals surface area (Å²) in [6.45, 7) is 12.4. The molecule has 2 aliphatic rings. The zero-order chi connectivity index (χ0) is 13.5. The molecule has 0 aromatic rings. The molecule has 0 amide bonds. The molecule has 18 heavy (non-hydrogen) atoms. The lowest BCUT2D eigenvalue weighted by Gasteiger charge is -2.43. The van der Waals surface area contributed by atoms with Crippen LogP contribution in [0.4, 0.5) is 0 Å². The van der Waals surface area contributed by atoms with Crippen LogP contribution in [0.15, 0.2) is 0 Å². The van der Waals surface area contributed by atoms with Crippen LogP contribution in [0.5, 0.6) is 0 Å². The summed E-state index contributed by atoms with van der Waals surface area (Å²) in [6, 6.07) is 1.25. The molecular formula is C15H30N2O. The van der Waals surface area contributed by atoms with Crippen LogP contribution in [0.2, 0.25) is 0 Å². The summed E-state index contributed by atoms with van der Waals surface area (Å²) in [4.78, 5) is 5.02. The molecule has 3 nitrogen and oxygen atoms in total. The molecule has 2 fully saturated rings. The Bertz CT molecular complexity index is 280. The summed E-state index contributed by atoms with van der Waals surface area (Å²) in [5, 5.41) is 10.4. The van der Waals surface area contributed by atoms with Crippen LogP contribution >= 0.6 is 0 Å². The van der Waals surface area contributed by atoms with Gasteiger partial charge in [0, 0.05) is 31.7 Å². The summed E-state index contributed by atoms with van der Waals surface area (Å²) >= 11 is 0. The van der Waals surface area contributed by atoms with Gasteiger partial charge in [-0.05, 0) is 45.1 Å². The van der Waals surface area contributed by atoms with Crippen LogP contribution in [0, 0.1) is 11.3 Å². The zero-order valence-corrected chi connectivity index (χ0v) is 12.7. The van der Waals surface area contributed by atoms with Gasteiger partial charge in [0.05, 0.1) is 6.10 Å². The number of aliphatic hydroxyl groups excluding tert-OH is 1. The first kappa shape index (κ1) is 14.3. The molecule has 0 aromatic carbocycles. The summed E-state index contributed by atoms with van der Waals surface area (Å²) < 4.78 is 0. The lowest BCUT2D eigenvalue weighted by molar-refractivity contribution is 0.00790. The summed E-state index contributed by atoms with van der Waals surface area (Å²) in [5.41, 5.74) is 0.120. The topological polar surface area (TPSA) is 26.7 Å². The lowest BCUT2D eigenvalue weighted by atomic mass is 9.87. The number of rotatable bonds is 2. The monoisotopic (exact) mass is 254 g/mol. The highest BCUT2D eigenvalue weighted by Gasteiger charge is 2.41. The Kier molecular flexibility index (Phi) is 4.05. The van der Waals surface area contributed by atoms with Crippen molar-refractivity contribution in [1.82, 2.24) is 9.80 Å². The van der Waals surface area contributed by atoms with E-state index in [1.165, 1.54) is 6.42 Å². The standard InChI is InChI=1S/C15H30N2O/c1-11-8-17(9-12(2)16(11)5)10-13-6-7-15(3,4)14(13)18/h11-14,18H,6-10H2,1-5H3. The van der Waals surface area contributed by atoms with Crippen molar-refractivity contribution in [2.75, 3.05) is 26.7 Å². The van der Waals surface area contributed by atoms with Crippen LogP contribution in [0.3, 0.4) is 0 Å². The Labute approximate surface area is 112 Å². The van der Waals surface area contributed by atoms with Gasteiger partial charge in [-0.1, -0.05) is 13.8 Å². The van der Waals surface area contributed by atoms with E-state index in [1.807, 2.05) is 0 Å². The molecule has 0 aromatic heterocycles. The number of nitrogens with zero attached hydrogens (tertiary/aromatic N) is 2. The fourth-order valence-electron chi connectivity index (χ4n) is 3.69. The second-order valence-corrected chi connectivity index (χ2v) is 7.31. The van der Waals surface area contributed by atoms with Gasteiger partial charge in [0.1, 0.15) is 0 Å². The summed E-state index contributed by atoms with van der Waals surface area (Å²) in [7, 11) is 2.22. The smallest absolute Gasteiger partial charge is 0.0631 e. The fraction of sp³-hybridized carbons (Fsp3) is 1.00. The minimum atomic E-state index is -0.122. The Morgan fingerprint density at radius 2 is 1.72 bits per heavy atom. The molecule has 4 atom stereocenters. The first-order chi connectivity index (χ1) is 8.31. The van der Waals surface area contributed by atoms with E-state index in [2.05, 4.69) is 44.5 Å². The SMILES string of the molecule is CC1CN(CC2CCC(C)(C)C2O)CC(C)N1C. The van der Waals surface area contributed by atoms with E-state index in [9.17, 15) is 5.11 Å². The molecule has 4 unspecified atom stereocenters. The first-order valence-electron chi connectivity index (χ1n) is 7.43. The average Bonchev–Trinajstić information content (AvgIpc) is 2.53. The Balaban J connectivity index is 1.91. The third-order valence-corrected chi connectivity index (χ3v) is 5.33. The second kappa shape index (κ2) is 5.10. The van der Waals surface area contributed by atoms with Crippen molar-refractivity contribution < 1.29 is 5.11 Å². The molecule has 1 aliphatic heterocycles. The van der Waals surface area contributed by atoms with Gasteiger partial charge in [0.15, 0.2) is 0 Å². The van der Waals surface area contributed by atoms with Crippen molar-refractivity contribution in [3.63, 3.8) is 0 Å². The highest BCUT2D eigenvalue weighted by molar-refractivity contribution is 4.93. The van der Waals surface area contributed by atoms with Gasteiger partial charge in [-0.3, -0.25) is 9.80 Å². The number of piperazine rings is 1. The normalized spacial score (nSPS) is 42.3. The van der Waals surface area contributed by atoms with Gasteiger partial charge < -0.3 is 5.11 Å². The van der Waals surface area contributed by atoms with E-state index in [-0.39, 0.29) is 11.5 Å². The maximum Gasteiger partial charge on any atom is 0.0631 e. The van der Waals surface area contributed by atoms with Gasteiger partial charge in [-0.2, -0.15) is 0 Å². The second-order valence-electron chi connectivity index (χ2n) is 7.31. The fourth-order valence-corrected chi connectivity index (χ4v) is 3.69. The molecule has 1 aliphatic carbocycles. The van der Waals surface area contributed by atoms with Gasteiger partial charge >= 0.3 is 0 Å². The van der Waals surface area contributed by atoms with Gasteiger partial charge in [-0.25, -0.2) is 0 Å². The molecule has 0 spiro atoms. The molecule has 0 bridgehead atoms. The highest BCUT2D eigenvalue weighted by atomic mass is 16.3. The molecular weight excluding hydrogens is 224 g/mol. The lowest BCUT2D eigenvalue weighted by Crippen LogP contribution is -2.56. The van der Waals surface area contributed by atoms with Crippen LogP contribution in [-0.4, -0.2) is 59.8 Å². The molecule has 3 heteroatoms. The molecule has 1 heterocycles. The van der Waals surface area contributed by atoms with Crippen LogP contribution in [0.25, 0.3) is 0 Å². The van der Waals surface area contributed by atoms with Crippen molar-refractivity contribution in [3.8, 4) is 0 Å². The van der Waals surface area contributed by atoms with E-state index in [0.29, 0.717) is 18.0 Å². The summed E-state index contributed by atoms with van der Waals surface area (Å²) in [6.07, 6.45) is 2.23. The van der Waals surface area contributed by atoms with E-state index in [0.717, 1.165) is 26.1 Å². The molecule has 0 radical (unpaired) electrons. The quantitative estimate of drug-likeness (QED) is 0.814. The molecule has 106 valence electrons. The van der Waals surface area contributed by atoms with Crippen molar-refractivity contribution in [2.24, 2.45) is 11.3 Å². The van der Waals surface area contributed by atoms with Gasteiger partial charge in [-0.15, -0.1) is 0 Å². The number of aliphatic hydroxyl groups is 1. The van der Waals surface area contributed by atoms with E-state index < -0.39 is 0 Å². The maximum absolute atomic E-state index is 10.4. The van der Waals surface area contributed by atoms with Crippen molar-refractivity contribution in [2.45, 2.75) is 58.7 Å². The Morgan fingerprint density at radius 3 is 2.17 bits per heavy atom. The van der Waals surface area contributed by atoms with Crippen LogP contribution < -0.4 is 0 Å². The van der Waals surface area contributed by atoms with Crippen LogP contribution in [-0.2, 0) is 0 Å². The maximum atomic E-state index is 10.4. The van der Waals surface area contributed by atoms with E-state index >= 15 is 0 Å². The van der Waals surface area contributed by atoms with Gasteiger partial charge in [0.2, 0.25) is 0 Å². The first-order valence-corrected chi connectivity index (χ1v) is 7.43. The third-order valence-electron chi connectivity index (χ3n) is 5.33. The van der Waals surface area contributed by atoms with Crippen molar-refractivity contribution in [3.05, 3.63) is 0 Å². The molecule has 1 N–H and O–H groups in total. The minimum absolute atomic E-state index is 0.120. The predicted molar refractivity (Wildman–Crippen MR) is 75.6 cm³/mol. The molecule has 2 rings (SSSR count). The third kappa shape index (κ3) is 2.73. The van der Waals surface area contributed by atoms with Gasteiger partial charge in [0.25, 0.3) is 0 Å². The van der Waals surface area contributed by atoms with Crippen molar-refractivity contribution in [1.29, 1.82) is 0 Å². The zero-order valence-electron chi connectivity index (χ0n) is 12.7.